The minimum Gasteiger partial charge on any atom is -0.247 e. The van der Waals surface area contributed by atoms with Crippen LogP contribution in [0.5, 0.6) is 0 Å². The SMILES string of the molecule is C=C/C=C(\C)SN(C)C(C)CCC. The molecule has 0 amide bonds. The highest BCUT2D eigenvalue weighted by molar-refractivity contribution is 8.00. The van der Waals surface area contributed by atoms with Crippen molar-refractivity contribution >= 4 is 11.9 Å². The van der Waals surface area contributed by atoms with Gasteiger partial charge in [0.05, 0.1) is 0 Å². The lowest BCUT2D eigenvalue weighted by Gasteiger charge is -2.23. The lowest BCUT2D eigenvalue weighted by Crippen LogP contribution is -2.21. The minimum atomic E-state index is 0.642. The monoisotopic (exact) mass is 199 g/mol. The van der Waals surface area contributed by atoms with E-state index in [2.05, 4.69) is 38.7 Å². The summed E-state index contributed by atoms with van der Waals surface area (Å²) in [5, 5.41) is 0. The molecule has 0 N–H and O–H groups in total. The highest BCUT2D eigenvalue weighted by Crippen LogP contribution is 2.22. The van der Waals surface area contributed by atoms with Gasteiger partial charge in [-0.1, -0.05) is 32.1 Å². The van der Waals surface area contributed by atoms with Crippen LogP contribution in [-0.2, 0) is 0 Å². The summed E-state index contributed by atoms with van der Waals surface area (Å²) in [6, 6.07) is 0.642. The van der Waals surface area contributed by atoms with Crippen LogP contribution in [0.3, 0.4) is 0 Å². The normalized spacial score (nSPS) is 14.7. The first kappa shape index (κ1) is 12.8. The highest BCUT2D eigenvalue weighted by Gasteiger charge is 2.08. The van der Waals surface area contributed by atoms with Crippen LogP contribution in [0.4, 0.5) is 0 Å². The summed E-state index contributed by atoms with van der Waals surface area (Å²) in [5.74, 6) is 0. The van der Waals surface area contributed by atoms with E-state index in [4.69, 9.17) is 0 Å². The van der Waals surface area contributed by atoms with Gasteiger partial charge in [0.1, 0.15) is 0 Å². The van der Waals surface area contributed by atoms with Crippen molar-refractivity contribution in [3.8, 4) is 0 Å². The van der Waals surface area contributed by atoms with Crippen LogP contribution in [0.2, 0.25) is 0 Å². The third-order valence-corrected chi connectivity index (χ3v) is 3.04. The van der Waals surface area contributed by atoms with E-state index in [1.807, 2.05) is 12.2 Å². The summed E-state index contributed by atoms with van der Waals surface area (Å²) in [7, 11) is 2.14. The largest absolute Gasteiger partial charge is 0.247 e. The first-order valence-corrected chi connectivity index (χ1v) is 5.59. The summed E-state index contributed by atoms with van der Waals surface area (Å²) in [6.45, 7) is 10.3. The van der Waals surface area contributed by atoms with E-state index in [-0.39, 0.29) is 0 Å². The number of allylic oxidation sites excluding steroid dienone is 3. The summed E-state index contributed by atoms with van der Waals surface area (Å²) >= 11 is 1.80. The van der Waals surface area contributed by atoms with Gasteiger partial charge in [0.25, 0.3) is 0 Å². The number of hydrogen-bond donors (Lipinski definition) is 0. The van der Waals surface area contributed by atoms with Crippen molar-refractivity contribution < 1.29 is 0 Å². The molecule has 0 saturated heterocycles. The molecule has 0 aromatic rings. The fraction of sp³-hybridized carbons (Fsp3) is 0.636. The molecule has 0 aliphatic rings. The lowest BCUT2D eigenvalue weighted by molar-refractivity contribution is 0.409. The second-order valence-corrected chi connectivity index (χ2v) is 4.69. The summed E-state index contributed by atoms with van der Waals surface area (Å²) in [4.78, 5) is 1.29. The van der Waals surface area contributed by atoms with Gasteiger partial charge in [-0.15, -0.1) is 0 Å². The number of rotatable bonds is 6. The Labute approximate surface area is 87.0 Å². The van der Waals surface area contributed by atoms with Crippen molar-refractivity contribution in [1.29, 1.82) is 0 Å². The topological polar surface area (TPSA) is 3.24 Å². The van der Waals surface area contributed by atoms with E-state index in [9.17, 15) is 0 Å². The molecule has 1 nitrogen and oxygen atoms in total. The maximum atomic E-state index is 3.68. The van der Waals surface area contributed by atoms with Crippen molar-refractivity contribution in [3.05, 3.63) is 23.6 Å². The Hall–Kier alpha value is -0.210. The molecule has 0 fully saturated rings. The smallest absolute Gasteiger partial charge is 0.0174 e. The molecule has 1 atom stereocenters. The number of hydrogen-bond acceptors (Lipinski definition) is 2. The third kappa shape index (κ3) is 5.94. The minimum absolute atomic E-state index is 0.642. The first-order chi connectivity index (χ1) is 6.11. The van der Waals surface area contributed by atoms with Gasteiger partial charge >= 0.3 is 0 Å². The van der Waals surface area contributed by atoms with Gasteiger partial charge in [-0.2, -0.15) is 0 Å². The standard InChI is InChI=1S/C11H21NS/c1-6-8-10(3)12(5)13-11(4)9-7-2/h7,9-10H,2,6,8H2,1,3-5H3/b11-9+. The zero-order chi connectivity index (χ0) is 10.3. The second-order valence-electron chi connectivity index (χ2n) is 3.29. The van der Waals surface area contributed by atoms with E-state index in [0.717, 1.165) is 0 Å². The van der Waals surface area contributed by atoms with Gasteiger partial charge in [-0.3, -0.25) is 0 Å². The van der Waals surface area contributed by atoms with Crippen molar-refractivity contribution in [2.24, 2.45) is 0 Å². The Kier molecular flexibility index (Phi) is 7.10. The van der Waals surface area contributed by atoms with E-state index in [0.29, 0.717) is 6.04 Å². The maximum absolute atomic E-state index is 3.68. The Bertz CT molecular complexity index is 175. The average Bonchev–Trinajstić information content (AvgIpc) is 2.05. The van der Waals surface area contributed by atoms with Crippen molar-refractivity contribution in [2.45, 2.75) is 39.7 Å². The Balaban J connectivity index is 3.90. The van der Waals surface area contributed by atoms with Crippen LogP contribution >= 0.6 is 11.9 Å². The molecule has 0 spiro atoms. The first-order valence-electron chi connectivity index (χ1n) is 4.82. The molecular formula is C11H21NS. The van der Waals surface area contributed by atoms with Crippen LogP contribution in [-0.4, -0.2) is 17.4 Å². The molecular weight excluding hydrogens is 178 g/mol. The number of nitrogens with zero attached hydrogens (tertiary/aromatic N) is 1. The van der Waals surface area contributed by atoms with Crippen LogP contribution < -0.4 is 0 Å². The Morgan fingerprint density at radius 1 is 1.62 bits per heavy atom. The van der Waals surface area contributed by atoms with Gasteiger partial charge in [-0.25, -0.2) is 4.31 Å². The van der Waals surface area contributed by atoms with E-state index in [1.54, 1.807) is 11.9 Å². The summed E-state index contributed by atoms with van der Waals surface area (Å²) in [5.41, 5.74) is 0. The molecule has 0 bridgehead atoms. The highest BCUT2D eigenvalue weighted by atomic mass is 32.2. The molecule has 2 heteroatoms. The molecule has 0 heterocycles. The molecule has 0 radical (unpaired) electrons. The van der Waals surface area contributed by atoms with Crippen molar-refractivity contribution in [2.75, 3.05) is 7.05 Å². The lowest BCUT2D eigenvalue weighted by atomic mass is 10.2. The van der Waals surface area contributed by atoms with E-state index < -0.39 is 0 Å². The summed E-state index contributed by atoms with van der Waals surface area (Å²) in [6.07, 6.45) is 6.38. The Morgan fingerprint density at radius 3 is 2.69 bits per heavy atom. The zero-order valence-corrected chi connectivity index (χ0v) is 10.0. The van der Waals surface area contributed by atoms with E-state index in [1.165, 1.54) is 17.7 Å². The molecule has 0 rings (SSSR count). The van der Waals surface area contributed by atoms with Gasteiger partial charge in [0.2, 0.25) is 0 Å². The molecule has 0 aromatic heterocycles. The molecule has 0 aromatic carbocycles. The van der Waals surface area contributed by atoms with Crippen LogP contribution in [0.1, 0.15) is 33.6 Å². The molecule has 0 aliphatic carbocycles. The van der Waals surface area contributed by atoms with Crippen molar-refractivity contribution in [3.63, 3.8) is 0 Å². The molecule has 13 heavy (non-hydrogen) atoms. The quantitative estimate of drug-likeness (QED) is 0.472. The van der Waals surface area contributed by atoms with Gasteiger partial charge < -0.3 is 0 Å². The third-order valence-electron chi connectivity index (χ3n) is 1.97. The molecule has 76 valence electrons. The second kappa shape index (κ2) is 7.22. The van der Waals surface area contributed by atoms with Crippen LogP contribution in [0, 0.1) is 0 Å². The van der Waals surface area contributed by atoms with E-state index >= 15 is 0 Å². The summed E-state index contributed by atoms with van der Waals surface area (Å²) < 4.78 is 2.30. The molecule has 0 aliphatic heterocycles. The van der Waals surface area contributed by atoms with Crippen LogP contribution in [0.25, 0.3) is 0 Å². The fourth-order valence-electron chi connectivity index (χ4n) is 1.11. The zero-order valence-electron chi connectivity index (χ0n) is 9.21. The van der Waals surface area contributed by atoms with Crippen LogP contribution in [0.15, 0.2) is 23.6 Å². The van der Waals surface area contributed by atoms with Gasteiger partial charge in [0, 0.05) is 6.04 Å². The fourth-order valence-corrected chi connectivity index (χ4v) is 2.01. The van der Waals surface area contributed by atoms with Crippen molar-refractivity contribution in [1.82, 2.24) is 4.31 Å². The molecule has 0 saturated carbocycles. The Morgan fingerprint density at radius 2 is 2.23 bits per heavy atom. The predicted molar refractivity (Wildman–Crippen MR) is 63.7 cm³/mol. The average molecular weight is 199 g/mol. The molecule has 1 unspecified atom stereocenters. The maximum Gasteiger partial charge on any atom is 0.0174 e. The van der Waals surface area contributed by atoms with Gasteiger partial charge in [0.15, 0.2) is 0 Å². The predicted octanol–water partition coefficient (Wildman–Crippen LogP) is 3.84. The van der Waals surface area contributed by atoms with Gasteiger partial charge in [-0.05, 0) is 44.2 Å².